The molecule has 0 bridgehead atoms. The fraction of sp³-hybridized carbons (Fsp3) is 0.278. The number of rotatable bonds is 6. The molecule has 0 unspecified atom stereocenters. The molecule has 1 N–H and O–H groups in total. The second-order valence-electron chi connectivity index (χ2n) is 5.22. The molecule has 0 heterocycles. The SMILES string of the molecule is COc1ccc([C@H](C)NC(=O)[C@H](C)Oc2ccc(F)cc2)cc1. The Kier molecular flexibility index (Phi) is 5.57. The van der Waals surface area contributed by atoms with Gasteiger partial charge in [0.25, 0.3) is 5.91 Å². The van der Waals surface area contributed by atoms with Crippen LogP contribution in [0.25, 0.3) is 0 Å². The van der Waals surface area contributed by atoms with Crippen molar-refractivity contribution in [2.24, 2.45) is 0 Å². The van der Waals surface area contributed by atoms with Gasteiger partial charge in [0.1, 0.15) is 17.3 Å². The van der Waals surface area contributed by atoms with Crippen LogP contribution in [0.3, 0.4) is 0 Å². The van der Waals surface area contributed by atoms with Gasteiger partial charge in [0.05, 0.1) is 13.2 Å². The minimum absolute atomic E-state index is 0.160. The van der Waals surface area contributed by atoms with Crippen molar-refractivity contribution in [1.82, 2.24) is 5.32 Å². The first kappa shape index (κ1) is 16.8. The standard InChI is InChI=1S/C18H20FNO3/c1-12(14-4-8-16(22-3)9-5-14)20-18(21)13(2)23-17-10-6-15(19)7-11-17/h4-13H,1-3H3,(H,20,21)/t12-,13-/m0/s1. The molecule has 23 heavy (non-hydrogen) atoms. The molecule has 4 nitrogen and oxygen atoms in total. The van der Waals surface area contributed by atoms with Gasteiger partial charge in [-0.1, -0.05) is 12.1 Å². The third-order valence-corrected chi connectivity index (χ3v) is 3.47. The maximum atomic E-state index is 12.9. The van der Waals surface area contributed by atoms with E-state index >= 15 is 0 Å². The highest BCUT2D eigenvalue weighted by Crippen LogP contribution is 2.18. The number of hydrogen-bond donors (Lipinski definition) is 1. The molecule has 2 aromatic rings. The summed E-state index contributed by atoms with van der Waals surface area (Å²) in [5.41, 5.74) is 0.966. The molecule has 0 saturated heterocycles. The molecule has 0 spiro atoms. The van der Waals surface area contributed by atoms with Crippen molar-refractivity contribution < 1.29 is 18.7 Å². The number of benzene rings is 2. The van der Waals surface area contributed by atoms with Crippen molar-refractivity contribution >= 4 is 5.91 Å². The van der Waals surface area contributed by atoms with E-state index in [4.69, 9.17) is 9.47 Å². The highest BCUT2D eigenvalue weighted by molar-refractivity contribution is 5.81. The molecule has 2 atom stereocenters. The van der Waals surface area contributed by atoms with Crippen LogP contribution in [-0.2, 0) is 4.79 Å². The molecule has 0 radical (unpaired) electrons. The number of ether oxygens (including phenoxy) is 2. The number of amides is 1. The zero-order valence-corrected chi connectivity index (χ0v) is 13.4. The minimum Gasteiger partial charge on any atom is -0.497 e. The first-order chi connectivity index (χ1) is 11.0. The highest BCUT2D eigenvalue weighted by atomic mass is 19.1. The molecule has 122 valence electrons. The third kappa shape index (κ3) is 4.71. The van der Waals surface area contributed by atoms with Crippen molar-refractivity contribution in [3.8, 4) is 11.5 Å². The van der Waals surface area contributed by atoms with Crippen LogP contribution >= 0.6 is 0 Å². The van der Waals surface area contributed by atoms with Gasteiger partial charge in [-0.25, -0.2) is 4.39 Å². The van der Waals surface area contributed by atoms with E-state index in [9.17, 15) is 9.18 Å². The molecule has 0 aliphatic carbocycles. The lowest BCUT2D eigenvalue weighted by molar-refractivity contribution is -0.127. The molecule has 1 amide bonds. The summed E-state index contributed by atoms with van der Waals surface area (Å²) in [6, 6.07) is 12.9. The Balaban J connectivity index is 1.92. The molecule has 0 aliphatic rings. The van der Waals surface area contributed by atoms with Gasteiger partial charge in [-0.05, 0) is 55.8 Å². The molecule has 0 saturated carbocycles. The number of methoxy groups -OCH3 is 1. The van der Waals surface area contributed by atoms with Gasteiger partial charge >= 0.3 is 0 Å². The summed E-state index contributed by atoms with van der Waals surface area (Å²) in [7, 11) is 1.61. The molecule has 5 heteroatoms. The lowest BCUT2D eigenvalue weighted by atomic mass is 10.1. The number of hydrogen-bond acceptors (Lipinski definition) is 3. The lowest BCUT2D eigenvalue weighted by Gasteiger charge is -2.19. The largest absolute Gasteiger partial charge is 0.497 e. The van der Waals surface area contributed by atoms with Gasteiger partial charge in [0.2, 0.25) is 0 Å². The fourth-order valence-electron chi connectivity index (χ4n) is 2.08. The predicted molar refractivity (Wildman–Crippen MR) is 86.0 cm³/mol. The lowest BCUT2D eigenvalue weighted by Crippen LogP contribution is -2.37. The Bertz CT molecular complexity index is 640. The smallest absolute Gasteiger partial charge is 0.261 e. The van der Waals surface area contributed by atoms with Crippen molar-refractivity contribution in [2.45, 2.75) is 26.0 Å². The fourth-order valence-corrected chi connectivity index (χ4v) is 2.08. The van der Waals surface area contributed by atoms with Gasteiger partial charge in [0.15, 0.2) is 6.10 Å². The molecule has 2 aromatic carbocycles. The van der Waals surface area contributed by atoms with Gasteiger partial charge in [0, 0.05) is 0 Å². The number of carbonyl (C=O) groups is 1. The summed E-state index contributed by atoms with van der Waals surface area (Å²) in [6.45, 7) is 3.55. The molecule has 0 aliphatic heterocycles. The van der Waals surface area contributed by atoms with Crippen LogP contribution in [0.15, 0.2) is 48.5 Å². The van der Waals surface area contributed by atoms with Gasteiger partial charge in [-0.3, -0.25) is 4.79 Å². The van der Waals surface area contributed by atoms with Crippen LogP contribution in [0.5, 0.6) is 11.5 Å². The maximum absolute atomic E-state index is 12.9. The van der Waals surface area contributed by atoms with E-state index in [1.54, 1.807) is 14.0 Å². The van der Waals surface area contributed by atoms with Gasteiger partial charge in [-0.2, -0.15) is 0 Å². The van der Waals surface area contributed by atoms with E-state index in [2.05, 4.69) is 5.32 Å². The highest BCUT2D eigenvalue weighted by Gasteiger charge is 2.17. The average molecular weight is 317 g/mol. The van der Waals surface area contributed by atoms with Crippen LogP contribution in [-0.4, -0.2) is 19.1 Å². The Hall–Kier alpha value is -2.56. The van der Waals surface area contributed by atoms with E-state index in [1.165, 1.54) is 24.3 Å². The van der Waals surface area contributed by atoms with E-state index in [1.807, 2.05) is 31.2 Å². The monoisotopic (exact) mass is 317 g/mol. The zero-order chi connectivity index (χ0) is 16.8. The van der Waals surface area contributed by atoms with Gasteiger partial charge < -0.3 is 14.8 Å². The second kappa shape index (κ2) is 7.63. The average Bonchev–Trinajstić information content (AvgIpc) is 2.56. The number of carbonyl (C=O) groups excluding carboxylic acids is 1. The summed E-state index contributed by atoms with van der Waals surface area (Å²) in [5, 5.41) is 2.89. The van der Waals surface area contributed by atoms with Crippen molar-refractivity contribution in [1.29, 1.82) is 0 Å². The molecule has 2 rings (SSSR count). The zero-order valence-electron chi connectivity index (χ0n) is 13.4. The summed E-state index contributed by atoms with van der Waals surface area (Å²) in [4.78, 5) is 12.2. The van der Waals surface area contributed by atoms with Crippen molar-refractivity contribution in [3.63, 3.8) is 0 Å². The maximum Gasteiger partial charge on any atom is 0.261 e. The Labute approximate surface area is 135 Å². The van der Waals surface area contributed by atoms with Crippen LogP contribution in [0.1, 0.15) is 25.5 Å². The third-order valence-electron chi connectivity index (χ3n) is 3.47. The topological polar surface area (TPSA) is 47.6 Å². The van der Waals surface area contributed by atoms with Gasteiger partial charge in [-0.15, -0.1) is 0 Å². The molecular weight excluding hydrogens is 297 g/mol. The van der Waals surface area contributed by atoms with E-state index in [-0.39, 0.29) is 17.8 Å². The normalized spacial score (nSPS) is 13.0. The molecular formula is C18H20FNO3. The minimum atomic E-state index is -0.679. The van der Waals surface area contributed by atoms with Crippen LogP contribution < -0.4 is 14.8 Å². The van der Waals surface area contributed by atoms with Crippen molar-refractivity contribution in [2.75, 3.05) is 7.11 Å². The number of nitrogens with one attached hydrogen (secondary N) is 1. The van der Waals surface area contributed by atoms with Crippen LogP contribution in [0.4, 0.5) is 4.39 Å². The Morgan fingerprint density at radius 3 is 2.13 bits per heavy atom. The Morgan fingerprint density at radius 1 is 1.00 bits per heavy atom. The van der Waals surface area contributed by atoms with E-state index in [0.29, 0.717) is 5.75 Å². The predicted octanol–water partition coefficient (Wildman–Crippen LogP) is 3.48. The van der Waals surface area contributed by atoms with E-state index < -0.39 is 6.10 Å². The number of halogens is 1. The van der Waals surface area contributed by atoms with Crippen molar-refractivity contribution in [3.05, 3.63) is 59.9 Å². The summed E-state index contributed by atoms with van der Waals surface area (Å²) < 4.78 is 23.5. The second-order valence-corrected chi connectivity index (χ2v) is 5.22. The van der Waals surface area contributed by atoms with Crippen LogP contribution in [0.2, 0.25) is 0 Å². The van der Waals surface area contributed by atoms with E-state index in [0.717, 1.165) is 11.3 Å². The summed E-state index contributed by atoms with van der Waals surface area (Å²) in [6.07, 6.45) is -0.679. The summed E-state index contributed by atoms with van der Waals surface area (Å²) in [5.74, 6) is 0.631. The Morgan fingerprint density at radius 2 is 1.57 bits per heavy atom. The molecule has 0 fully saturated rings. The quantitative estimate of drug-likeness (QED) is 0.887. The van der Waals surface area contributed by atoms with Crippen LogP contribution in [0, 0.1) is 5.82 Å². The molecule has 0 aromatic heterocycles. The summed E-state index contributed by atoms with van der Waals surface area (Å²) >= 11 is 0. The first-order valence-electron chi connectivity index (χ1n) is 7.36. The first-order valence-corrected chi connectivity index (χ1v) is 7.36.